The summed E-state index contributed by atoms with van der Waals surface area (Å²) in [6.45, 7) is 4.60. The molecule has 46 heavy (non-hydrogen) atoms. The maximum absolute atomic E-state index is 6.41. The molecule has 9 rings (SSSR count). The fourth-order valence-corrected chi connectivity index (χ4v) is 6.90. The van der Waals surface area contributed by atoms with Crippen LogP contribution in [0.4, 0.5) is 0 Å². The molecule has 0 atom stereocenters. The molecule has 0 spiro atoms. The topological polar surface area (TPSA) is 51.8 Å². The smallest absolute Gasteiger partial charge is 0.164 e. The Hall–Kier alpha value is -5.87. The molecular weight excluding hydrogens is 562 g/mol. The van der Waals surface area contributed by atoms with E-state index in [1.54, 1.807) is 0 Å². The summed E-state index contributed by atoms with van der Waals surface area (Å²) in [5.74, 6) is 1.96. The van der Waals surface area contributed by atoms with E-state index in [9.17, 15) is 0 Å². The number of aromatic nitrogens is 3. The van der Waals surface area contributed by atoms with Gasteiger partial charge in [0.1, 0.15) is 11.2 Å². The summed E-state index contributed by atoms with van der Waals surface area (Å²) >= 11 is 0. The molecule has 0 N–H and O–H groups in total. The number of nitrogens with zero attached hydrogens (tertiary/aromatic N) is 3. The molecule has 4 nitrogen and oxygen atoms in total. The summed E-state index contributed by atoms with van der Waals surface area (Å²) in [7, 11) is 0. The van der Waals surface area contributed by atoms with Gasteiger partial charge in [-0.2, -0.15) is 0 Å². The third kappa shape index (κ3) is 4.18. The Kier molecular flexibility index (Phi) is 5.81. The monoisotopic (exact) mass is 591 g/mol. The average Bonchev–Trinajstić information content (AvgIpc) is 3.59. The summed E-state index contributed by atoms with van der Waals surface area (Å²) in [5, 5.41) is 2.27. The van der Waals surface area contributed by atoms with Gasteiger partial charge in [0, 0.05) is 32.9 Å². The van der Waals surface area contributed by atoms with Crippen molar-refractivity contribution in [2.24, 2.45) is 0 Å². The van der Waals surface area contributed by atoms with Gasteiger partial charge in [-0.15, -0.1) is 0 Å². The molecule has 1 aliphatic carbocycles. The van der Waals surface area contributed by atoms with Crippen LogP contribution in [-0.2, 0) is 5.41 Å². The van der Waals surface area contributed by atoms with Crippen molar-refractivity contribution in [3.8, 4) is 56.4 Å². The van der Waals surface area contributed by atoms with Crippen molar-refractivity contribution in [2.45, 2.75) is 19.3 Å². The van der Waals surface area contributed by atoms with Gasteiger partial charge >= 0.3 is 0 Å². The van der Waals surface area contributed by atoms with Crippen LogP contribution in [0.2, 0.25) is 0 Å². The summed E-state index contributed by atoms with van der Waals surface area (Å²) in [6.07, 6.45) is 0. The number of hydrogen-bond acceptors (Lipinski definition) is 4. The molecule has 8 aromatic rings. The first kappa shape index (κ1) is 26.5. The Labute approximate surface area is 267 Å². The number of benzene rings is 6. The Bertz CT molecular complexity index is 2370. The van der Waals surface area contributed by atoms with Crippen LogP contribution in [-0.4, -0.2) is 15.0 Å². The largest absolute Gasteiger partial charge is 0.456 e. The highest BCUT2D eigenvalue weighted by Gasteiger charge is 2.36. The van der Waals surface area contributed by atoms with Crippen LogP contribution in [0, 0.1) is 0 Å². The fourth-order valence-electron chi connectivity index (χ4n) is 6.90. The second kappa shape index (κ2) is 10.1. The molecule has 6 aromatic carbocycles. The first-order chi connectivity index (χ1) is 22.5. The van der Waals surface area contributed by atoms with E-state index in [1.165, 1.54) is 22.3 Å². The van der Waals surface area contributed by atoms with Crippen molar-refractivity contribution in [2.75, 3.05) is 0 Å². The van der Waals surface area contributed by atoms with Gasteiger partial charge in [-0.1, -0.05) is 129 Å². The zero-order valence-electron chi connectivity index (χ0n) is 25.5. The maximum atomic E-state index is 6.41. The Morgan fingerprint density at radius 3 is 1.59 bits per heavy atom. The molecular formula is C42H29N3O. The molecule has 4 heteroatoms. The van der Waals surface area contributed by atoms with Crippen molar-refractivity contribution >= 4 is 21.9 Å². The number of hydrogen-bond donors (Lipinski definition) is 0. The van der Waals surface area contributed by atoms with Gasteiger partial charge in [-0.25, -0.2) is 15.0 Å². The van der Waals surface area contributed by atoms with Crippen molar-refractivity contribution in [3.63, 3.8) is 0 Å². The van der Waals surface area contributed by atoms with E-state index >= 15 is 0 Å². The van der Waals surface area contributed by atoms with Gasteiger partial charge in [0.15, 0.2) is 17.5 Å². The summed E-state index contributed by atoms with van der Waals surface area (Å²) in [6, 6.07) is 48.4. The minimum absolute atomic E-state index is 0.0613. The minimum atomic E-state index is -0.0613. The lowest BCUT2D eigenvalue weighted by atomic mass is 9.82. The van der Waals surface area contributed by atoms with Crippen LogP contribution in [0.1, 0.15) is 25.0 Å². The minimum Gasteiger partial charge on any atom is -0.456 e. The van der Waals surface area contributed by atoms with E-state index < -0.39 is 0 Å². The molecule has 0 aliphatic heterocycles. The van der Waals surface area contributed by atoms with E-state index in [-0.39, 0.29) is 5.41 Å². The molecule has 0 unspecified atom stereocenters. The Morgan fingerprint density at radius 1 is 0.413 bits per heavy atom. The van der Waals surface area contributed by atoms with Gasteiger partial charge < -0.3 is 4.42 Å². The number of furan rings is 1. The summed E-state index contributed by atoms with van der Waals surface area (Å²) in [4.78, 5) is 14.6. The lowest BCUT2D eigenvalue weighted by Gasteiger charge is -2.21. The van der Waals surface area contributed by atoms with Crippen molar-refractivity contribution < 1.29 is 4.42 Å². The van der Waals surface area contributed by atoms with E-state index in [1.807, 2.05) is 60.7 Å². The zero-order chi connectivity index (χ0) is 30.8. The van der Waals surface area contributed by atoms with Gasteiger partial charge in [-0.05, 0) is 57.6 Å². The van der Waals surface area contributed by atoms with Crippen LogP contribution < -0.4 is 0 Å². The Balaban J connectivity index is 1.11. The molecule has 0 bridgehead atoms. The molecule has 1 aliphatic rings. The van der Waals surface area contributed by atoms with Gasteiger partial charge in [0.05, 0.1) is 0 Å². The van der Waals surface area contributed by atoms with Crippen molar-refractivity contribution in [3.05, 3.63) is 151 Å². The molecule has 0 saturated carbocycles. The first-order valence-corrected chi connectivity index (χ1v) is 15.6. The lowest BCUT2D eigenvalue weighted by Crippen LogP contribution is -2.14. The molecule has 0 saturated heterocycles. The Morgan fingerprint density at radius 2 is 0.935 bits per heavy atom. The lowest BCUT2D eigenvalue weighted by molar-refractivity contribution is 0.647. The molecule has 0 amide bonds. The highest BCUT2D eigenvalue weighted by Crippen LogP contribution is 2.50. The SMILES string of the molecule is CC1(C)c2ccccc2-c2cc3c(cc21)oc1ccc(-c2ccc(-c4nc(-c5ccccc5)nc(-c5ccccc5)n4)cc2)cc13. The van der Waals surface area contributed by atoms with E-state index in [4.69, 9.17) is 19.4 Å². The van der Waals surface area contributed by atoms with Crippen molar-refractivity contribution in [1.82, 2.24) is 15.0 Å². The fraction of sp³-hybridized carbons (Fsp3) is 0.0714. The van der Waals surface area contributed by atoms with Crippen LogP contribution in [0.5, 0.6) is 0 Å². The average molecular weight is 592 g/mol. The van der Waals surface area contributed by atoms with E-state index in [0.717, 1.165) is 49.8 Å². The van der Waals surface area contributed by atoms with Crippen LogP contribution in [0.25, 0.3) is 78.4 Å². The third-order valence-corrected chi connectivity index (χ3v) is 9.35. The highest BCUT2D eigenvalue weighted by atomic mass is 16.3. The standard InChI is InChI=1S/C42H29N3O/c1-42(2)35-16-10-9-15-31(35)32-24-34-33-23-30(21-22-37(33)46-38(34)25-36(32)42)26-17-19-29(20-18-26)41-44-39(27-11-5-3-6-12-27)43-40(45-41)28-13-7-4-8-14-28/h3-25H,1-2H3. The number of rotatable bonds is 4. The van der Waals surface area contributed by atoms with Gasteiger partial charge in [0.2, 0.25) is 0 Å². The second-order valence-corrected chi connectivity index (χ2v) is 12.5. The van der Waals surface area contributed by atoms with E-state index in [2.05, 4.69) is 92.7 Å². The highest BCUT2D eigenvalue weighted by molar-refractivity contribution is 6.09. The molecule has 0 fully saturated rings. The summed E-state index contributed by atoms with van der Waals surface area (Å²) < 4.78 is 6.41. The van der Waals surface area contributed by atoms with Crippen LogP contribution >= 0.6 is 0 Å². The number of fused-ring (bicyclic) bond motifs is 6. The molecule has 0 radical (unpaired) electrons. The van der Waals surface area contributed by atoms with Crippen LogP contribution in [0.15, 0.2) is 144 Å². The molecule has 2 heterocycles. The normalized spacial score (nSPS) is 13.2. The predicted molar refractivity (Wildman–Crippen MR) is 186 cm³/mol. The maximum Gasteiger partial charge on any atom is 0.164 e. The van der Waals surface area contributed by atoms with Gasteiger partial charge in [0.25, 0.3) is 0 Å². The first-order valence-electron chi connectivity index (χ1n) is 15.6. The van der Waals surface area contributed by atoms with E-state index in [0.29, 0.717) is 17.5 Å². The quantitative estimate of drug-likeness (QED) is 0.204. The molecule has 218 valence electrons. The van der Waals surface area contributed by atoms with Crippen LogP contribution in [0.3, 0.4) is 0 Å². The second-order valence-electron chi connectivity index (χ2n) is 12.5. The van der Waals surface area contributed by atoms with Crippen molar-refractivity contribution in [1.29, 1.82) is 0 Å². The van der Waals surface area contributed by atoms with Gasteiger partial charge in [-0.3, -0.25) is 0 Å². The summed E-state index contributed by atoms with van der Waals surface area (Å²) in [5.41, 5.74) is 12.2. The zero-order valence-corrected chi connectivity index (χ0v) is 25.5. The third-order valence-electron chi connectivity index (χ3n) is 9.35. The molecule has 2 aromatic heterocycles. The predicted octanol–water partition coefficient (Wildman–Crippen LogP) is 10.7.